The van der Waals surface area contributed by atoms with Crippen LogP contribution < -0.4 is 11.1 Å². The van der Waals surface area contributed by atoms with Crippen LogP contribution in [0.1, 0.15) is 22.6 Å². The van der Waals surface area contributed by atoms with Gasteiger partial charge in [0.25, 0.3) is 0 Å². The molecule has 0 radical (unpaired) electrons. The normalized spacial score (nSPS) is 12.2. The molecule has 5 nitrogen and oxygen atoms in total. The number of methoxy groups -OCH3 is 1. The van der Waals surface area contributed by atoms with Crippen LogP contribution in [0.2, 0.25) is 5.02 Å². The topological polar surface area (TPSA) is 77.2 Å². The highest BCUT2D eigenvalue weighted by molar-refractivity contribution is 7.15. The fourth-order valence-corrected chi connectivity index (χ4v) is 3.30. The van der Waals surface area contributed by atoms with Crippen molar-refractivity contribution < 1.29 is 9.53 Å². The van der Waals surface area contributed by atoms with Crippen molar-refractivity contribution in [3.05, 3.63) is 45.4 Å². The molecule has 0 aliphatic heterocycles. The molecule has 1 amide bonds. The van der Waals surface area contributed by atoms with Crippen molar-refractivity contribution in [1.29, 1.82) is 0 Å². The van der Waals surface area contributed by atoms with E-state index in [4.69, 9.17) is 22.1 Å². The minimum atomic E-state index is -0.279. The Balaban J connectivity index is 2.03. The molecule has 0 aliphatic rings. The number of hydrogen-bond donors (Lipinski definition) is 2. The Morgan fingerprint density at radius 2 is 2.22 bits per heavy atom. The molecular weight excluding hydrogens is 334 g/mol. The Bertz CT molecular complexity index is 671. The molecule has 0 fully saturated rings. The second-order valence-electron chi connectivity index (χ2n) is 5.14. The van der Waals surface area contributed by atoms with E-state index in [1.165, 1.54) is 11.3 Å². The van der Waals surface area contributed by atoms with E-state index in [1.807, 2.05) is 31.2 Å². The minimum absolute atomic E-state index is 0.152. The molecule has 0 bridgehead atoms. The molecule has 0 spiro atoms. The monoisotopic (exact) mass is 353 g/mol. The van der Waals surface area contributed by atoms with Gasteiger partial charge in [-0.05, 0) is 18.6 Å². The Morgan fingerprint density at radius 3 is 2.87 bits per heavy atom. The molecule has 1 atom stereocenters. The number of hydrogen-bond acceptors (Lipinski definition) is 5. The molecule has 0 saturated carbocycles. The number of nitrogens with two attached hydrogens (primary N) is 1. The maximum atomic E-state index is 12.0. The summed E-state index contributed by atoms with van der Waals surface area (Å²) >= 11 is 7.66. The van der Waals surface area contributed by atoms with Crippen LogP contribution in [0.25, 0.3) is 0 Å². The van der Waals surface area contributed by atoms with Gasteiger partial charge in [-0.3, -0.25) is 4.79 Å². The van der Waals surface area contributed by atoms with Crippen molar-refractivity contribution >= 4 is 34.0 Å². The quantitative estimate of drug-likeness (QED) is 0.802. The summed E-state index contributed by atoms with van der Waals surface area (Å²) in [6.45, 7) is 2.23. The first-order chi connectivity index (χ1) is 11.0. The first kappa shape index (κ1) is 17.9. The van der Waals surface area contributed by atoms with Crippen LogP contribution in [0.3, 0.4) is 0 Å². The van der Waals surface area contributed by atoms with Crippen LogP contribution >= 0.6 is 22.9 Å². The first-order valence-electron chi connectivity index (χ1n) is 7.26. The molecule has 1 heterocycles. The van der Waals surface area contributed by atoms with E-state index in [2.05, 4.69) is 10.3 Å². The summed E-state index contributed by atoms with van der Waals surface area (Å²) in [5.74, 6) is -0.152. The average Bonchev–Trinajstić information content (AvgIpc) is 2.86. The summed E-state index contributed by atoms with van der Waals surface area (Å²) in [7, 11) is 1.54. The van der Waals surface area contributed by atoms with Crippen molar-refractivity contribution in [2.75, 3.05) is 19.0 Å². The molecular formula is C16H20ClN3O2S. The van der Waals surface area contributed by atoms with Gasteiger partial charge in [0.15, 0.2) is 5.13 Å². The third-order valence-electron chi connectivity index (χ3n) is 3.46. The highest BCUT2D eigenvalue weighted by Gasteiger charge is 2.15. The second-order valence-corrected chi connectivity index (χ2v) is 6.63. The van der Waals surface area contributed by atoms with Crippen molar-refractivity contribution in [2.24, 2.45) is 5.73 Å². The van der Waals surface area contributed by atoms with E-state index in [9.17, 15) is 4.79 Å². The van der Waals surface area contributed by atoms with Gasteiger partial charge >= 0.3 is 0 Å². The van der Waals surface area contributed by atoms with Gasteiger partial charge in [-0.1, -0.05) is 29.8 Å². The zero-order valence-corrected chi connectivity index (χ0v) is 14.7. The number of rotatable bonds is 7. The van der Waals surface area contributed by atoms with Crippen LogP contribution in [0.15, 0.2) is 24.3 Å². The zero-order valence-electron chi connectivity index (χ0n) is 13.1. The van der Waals surface area contributed by atoms with E-state index in [0.29, 0.717) is 18.1 Å². The van der Waals surface area contributed by atoms with Gasteiger partial charge in [-0.25, -0.2) is 4.98 Å². The summed E-state index contributed by atoms with van der Waals surface area (Å²) in [5.41, 5.74) is 7.46. The lowest BCUT2D eigenvalue weighted by molar-refractivity contribution is -0.118. The number of aromatic nitrogens is 1. The van der Waals surface area contributed by atoms with Gasteiger partial charge in [0, 0.05) is 30.0 Å². The molecule has 124 valence electrons. The van der Waals surface area contributed by atoms with E-state index in [1.54, 1.807) is 7.11 Å². The highest BCUT2D eigenvalue weighted by atomic mass is 35.5. The fraction of sp³-hybridized carbons (Fsp3) is 0.375. The average molecular weight is 354 g/mol. The van der Waals surface area contributed by atoms with Gasteiger partial charge < -0.3 is 15.8 Å². The van der Waals surface area contributed by atoms with Gasteiger partial charge in [0.2, 0.25) is 5.91 Å². The molecule has 1 aromatic heterocycles. The smallest absolute Gasteiger partial charge is 0.228 e. The van der Waals surface area contributed by atoms with Crippen molar-refractivity contribution in [1.82, 2.24) is 4.98 Å². The Morgan fingerprint density at radius 1 is 1.48 bits per heavy atom. The van der Waals surface area contributed by atoms with Gasteiger partial charge in [-0.2, -0.15) is 0 Å². The Labute approximate surface area is 144 Å². The Kier molecular flexibility index (Phi) is 6.53. The molecule has 1 aromatic carbocycles. The standard InChI is InChI=1S/C16H20ClN3O2S/c1-10-14(7-11-5-3-4-6-13(11)17)23-16(19-10)20-15(21)8-12(9-18)22-2/h3-6,12H,7-9,18H2,1-2H3,(H,19,20,21). The number of carbonyl (C=O) groups is 1. The molecule has 2 aromatic rings. The molecule has 0 aliphatic carbocycles. The number of thiazole rings is 1. The number of aryl methyl sites for hydroxylation is 1. The van der Waals surface area contributed by atoms with Gasteiger partial charge in [0.1, 0.15) is 0 Å². The molecule has 1 unspecified atom stereocenters. The van der Waals surface area contributed by atoms with Crippen molar-refractivity contribution in [2.45, 2.75) is 25.9 Å². The van der Waals surface area contributed by atoms with Crippen LogP contribution in [0, 0.1) is 6.92 Å². The number of carbonyl (C=O) groups excluding carboxylic acids is 1. The summed E-state index contributed by atoms with van der Waals surface area (Å²) < 4.78 is 5.11. The number of amides is 1. The van der Waals surface area contributed by atoms with Gasteiger partial charge in [0.05, 0.1) is 18.2 Å². The molecule has 2 rings (SSSR count). The van der Waals surface area contributed by atoms with E-state index >= 15 is 0 Å². The lowest BCUT2D eigenvalue weighted by Gasteiger charge is -2.11. The van der Waals surface area contributed by atoms with E-state index in [-0.39, 0.29) is 18.4 Å². The zero-order chi connectivity index (χ0) is 16.8. The lowest BCUT2D eigenvalue weighted by Crippen LogP contribution is -2.28. The molecule has 23 heavy (non-hydrogen) atoms. The number of nitrogens with zero attached hydrogens (tertiary/aromatic N) is 1. The number of benzene rings is 1. The third kappa shape index (κ3) is 5.00. The first-order valence-corrected chi connectivity index (χ1v) is 8.45. The maximum absolute atomic E-state index is 12.0. The summed E-state index contributed by atoms with van der Waals surface area (Å²) in [4.78, 5) is 17.5. The third-order valence-corrected chi connectivity index (χ3v) is 4.90. The van der Waals surface area contributed by atoms with Crippen LogP contribution in [-0.4, -0.2) is 30.6 Å². The maximum Gasteiger partial charge on any atom is 0.228 e. The van der Waals surface area contributed by atoms with Crippen molar-refractivity contribution in [3.63, 3.8) is 0 Å². The van der Waals surface area contributed by atoms with Crippen LogP contribution in [-0.2, 0) is 16.0 Å². The number of halogens is 1. The van der Waals surface area contributed by atoms with Crippen LogP contribution in [0.4, 0.5) is 5.13 Å². The SMILES string of the molecule is COC(CN)CC(=O)Nc1nc(C)c(Cc2ccccc2Cl)s1. The highest BCUT2D eigenvalue weighted by Crippen LogP contribution is 2.27. The second kappa shape index (κ2) is 8.40. The lowest BCUT2D eigenvalue weighted by atomic mass is 10.1. The van der Waals surface area contributed by atoms with Crippen LogP contribution in [0.5, 0.6) is 0 Å². The number of nitrogens with one attached hydrogen (secondary N) is 1. The van der Waals surface area contributed by atoms with E-state index < -0.39 is 0 Å². The summed E-state index contributed by atoms with van der Waals surface area (Å²) in [6.07, 6.45) is 0.632. The molecule has 3 N–H and O–H groups in total. The molecule has 7 heteroatoms. The van der Waals surface area contributed by atoms with Crippen molar-refractivity contribution in [3.8, 4) is 0 Å². The minimum Gasteiger partial charge on any atom is -0.380 e. The predicted molar refractivity (Wildman–Crippen MR) is 94.2 cm³/mol. The van der Waals surface area contributed by atoms with Gasteiger partial charge in [-0.15, -0.1) is 11.3 Å². The summed E-state index contributed by atoms with van der Waals surface area (Å²) in [6, 6.07) is 7.72. The van der Waals surface area contributed by atoms with E-state index in [0.717, 1.165) is 21.2 Å². The predicted octanol–water partition coefficient (Wildman–Crippen LogP) is 3.00. The molecule has 0 saturated heterocycles. The largest absolute Gasteiger partial charge is 0.380 e. The Hall–Kier alpha value is -1.47. The fourth-order valence-electron chi connectivity index (χ4n) is 2.10. The number of ether oxygens (including phenoxy) is 1. The number of anilines is 1. The summed E-state index contributed by atoms with van der Waals surface area (Å²) in [5, 5.41) is 4.12.